The van der Waals surface area contributed by atoms with E-state index in [1.54, 1.807) is 0 Å². The van der Waals surface area contributed by atoms with Gasteiger partial charge in [-0.05, 0) is 42.0 Å². The molecule has 0 bridgehead atoms. The molecule has 0 unspecified atom stereocenters. The summed E-state index contributed by atoms with van der Waals surface area (Å²) in [5, 5.41) is 0. The number of rotatable bonds is 3. The lowest BCUT2D eigenvalue weighted by atomic mass is 10.1. The quantitative estimate of drug-likeness (QED) is 0.466. The van der Waals surface area contributed by atoms with Gasteiger partial charge in [-0.25, -0.2) is 4.98 Å². The number of aromatic nitrogens is 2. The van der Waals surface area contributed by atoms with E-state index in [-0.39, 0.29) is 6.79 Å². The molecule has 0 spiro atoms. The summed E-state index contributed by atoms with van der Waals surface area (Å²) in [6.45, 7) is 0.998. The molecule has 3 aromatic carbocycles. The molecule has 0 radical (unpaired) electrons. The third kappa shape index (κ3) is 2.56. The number of hydrogen-bond acceptors (Lipinski definition) is 3. The van der Waals surface area contributed by atoms with Crippen molar-refractivity contribution < 1.29 is 9.47 Å². The van der Waals surface area contributed by atoms with Gasteiger partial charge in [0.2, 0.25) is 6.79 Å². The Morgan fingerprint density at radius 1 is 0.923 bits per heavy atom. The van der Waals surface area contributed by atoms with Gasteiger partial charge in [0.05, 0.1) is 17.6 Å². The molecule has 0 saturated carbocycles. The first-order chi connectivity index (χ1) is 12.8. The Morgan fingerprint density at radius 3 is 2.65 bits per heavy atom. The van der Waals surface area contributed by atoms with Crippen LogP contribution in [-0.4, -0.2) is 16.3 Å². The third-order valence-corrected chi connectivity index (χ3v) is 5.35. The van der Waals surface area contributed by atoms with Crippen molar-refractivity contribution in [1.29, 1.82) is 0 Å². The highest BCUT2D eigenvalue weighted by Crippen LogP contribution is 2.36. The summed E-state index contributed by atoms with van der Waals surface area (Å²) in [4.78, 5) is 4.89. The van der Waals surface area contributed by atoms with Crippen LogP contribution in [-0.2, 0) is 6.54 Å². The molecule has 26 heavy (non-hydrogen) atoms. The standard InChI is InChI=1S/C21H15BrN2O2/c22-16-6-2-1-5-15(16)12-24-18-8-4-3-7-17(18)23-21(24)14-9-10-19-20(11-14)26-13-25-19/h1-11H,12-13H2. The molecule has 1 aliphatic rings. The van der Waals surface area contributed by atoms with Crippen LogP contribution in [0.15, 0.2) is 71.2 Å². The van der Waals surface area contributed by atoms with Gasteiger partial charge in [-0.15, -0.1) is 0 Å². The van der Waals surface area contributed by atoms with Crippen LogP contribution in [0.25, 0.3) is 22.4 Å². The maximum atomic E-state index is 5.55. The molecule has 5 rings (SSSR count). The fraction of sp³-hybridized carbons (Fsp3) is 0.0952. The van der Waals surface area contributed by atoms with Gasteiger partial charge in [0, 0.05) is 10.0 Å². The molecular formula is C21H15BrN2O2. The highest BCUT2D eigenvalue weighted by atomic mass is 79.9. The van der Waals surface area contributed by atoms with Crippen LogP contribution in [0.3, 0.4) is 0 Å². The maximum absolute atomic E-state index is 5.55. The van der Waals surface area contributed by atoms with E-state index >= 15 is 0 Å². The summed E-state index contributed by atoms with van der Waals surface area (Å²) in [5.41, 5.74) is 4.30. The predicted octanol–water partition coefficient (Wildman–Crippen LogP) is 5.24. The summed E-state index contributed by atoms with van der Waals surface area (Å²) >= 11 is 3.66. The van der Waals surface area contributed by atoms with Crippen molar-refractivity contribution >= 4 is 27.0 Å². The Balaban J connectivity index is 1.69. The SMILES string of the molecule is Brc1ccccc1Cn1c(-c2ccc3c(c2)OCO3)nc2ccccc21. The van der Waals surface area contributed by atoms with E-state index in [1.165, 1.54) is 5.56 Å². The molecule has 1 aliphatic heterocycles. The Hall–Kier alpha value is -2.79. The average Bonchev–Trinajstić information content (AvgIpc) is 3.28. The summed E-state index contributed by atoms with van der Waals surface area (Å²) in [6, 6.07) is 22.5. The minimum atomic E-state index is 0.270. The van der Waals surface area contributed by atoms with E-state index in [2.05, 4.69) is 44.8 Å². The molecule has 5 heteroatoms. The van der Waals surface area contributed by atoms with Crippen molar-refractivity contribution in [1.82, 2.24) is 9.55 Å². The topological polar surface area (TPSA) is 36.3 Å². The lowest BCUT2D eigenvalue weighted by molar-refractivity contribution is 0.174. The molecule has 128 valence electrons. The molecule has 1 aromatic heterocycles. The maximum Gasteiger partial charge on any atom is 0.231 e. The Kier molecular flexibility index (Phi) is 3.68. The van der Waals surface area contributed by atoms with Crippen LogP contribution in [0.1, 0.15) is 5.56 Å². The third-order valence-electron chi connectivity index (χ3n) is 4.57. The van der Waals surface area contributed by atoms with Crippen LogP contribution in [0.5, 0.6) is 11.5 Å². The summed E-state index contributed by atoms with van der Waals surface area (Å²) in [7, 11) is 0. The van der Waals surface area contributed by atoms with Gasteiger partial charge in [-0.3, -0.25) is 0 Å². The number of imidazole rings is 1. The van der Waals surface area contributed by atoms with Crippen LogP contribution < -0.4 is 9.47 Å². The van der Waals surface area contributed by atoms with Gasteiger partial charge in [-0.2, -0.15) is 0 Å². The Labute approximate surface area is 159 Å². The molecule has 0 N–H and O–H groups in total. The highest BCUT2D eigenvalue weighted by Gasteiger charge is 2.18. The zero-order valence-electron chi connectivity index (χ0n) is 13.9. The molecular weight excluding hydrogens is 392 g/mol. The molecule has 2 heterocycles. The molecule has 0 saturated heterocycles. The highest BCUT2D eigenvalue weighted by molar-refractivity contribution is 9.10. The summed E-state index contributed by atoms with van der Waals surface area (Å²) in [5.74, 6) is 2.46. The van der Waals surface area contributed by atoms with Gasteiger partial charge in [-0.1, -0.05) is 46.3 Å². The Morgan fingerprint density at radius 2 is 1.73 bits per heavy atom. The Bertz CT molecular complexity index is 1120. The number of nitrogens with zero attached hydrogens (tertiary/aromatic N) is 2. The second-order valence-electron chi connectivity index (χ2n) is 6.17. The van der Waals surface area contributed by atoms with Crippen LogP contribution in [0.2, 0.25) is 0 Å². The first kappa shape index (κ1) is 15.5. The second kappa shape index (κ2) is 6.18. The number of halogens is 1. The minimum Gasteiger partial charge on any atom is -0.454 e. The van der Waals surface area contributed by atoms with E-state index in [9.17, 15) is 0 Å². The fourth-order valence-electron chi connectivity index (χ4n) is 3.29. The lowest BCUT2D eigenvalue weighted by Gasteiger charge is -2.11. The monoisotopic (exact) mass is 406 g/mol. The van der Waals surface area contributed by atoms with E-state index in [0.717, 1.165) is 44.9 Å². The first-order valence-corrected chi connectivity index (χ1v) is 9.17. The van der Waals surface area contributed by atoms with E-state index in [1.807, 2.05) is 42.5 Å². The van der Waals surface area contributed by atoms with E-state index in [0.29, 0.717) is 0 Å². The number of ether oxygens (including phenoxy) is 2. The fourth-order valence-corrected chi connectivity index (χ4v) is 3.70. The number of hydrogen-bond donors (Lipinski definition) is 0. The van der Waals surface area contributed by atoms with Crippen molar-refractivity contribution in [2.45, 2.75) is 6.54 Å². The smallest absolute Gasteiger partial charge is 0.231 e. The van der Waals surface area contributed by atoms with Gasteiger partial charge < -0.3 is 14.0 Å². The number of fused-ring (bicyclic) bond motifs is 2. The van der Waals surface area contributed by atoms with Gasteiger partial charge in [0.15, 0.2) is 11.5 Å². The predicted molar refractivity (Wildman–Crippen MR) is 105 cm³/mol. The lowest BCUT2D eigenvalue weighted by Crippen LogP contribution is -2.03. The van der Waals surface area contributed by atoms with Crippen molar-refractivity contribution in [3.8, 4) is 22.9 Å². The van der Waals surface area contributed by atoms with Gasteiger partial charge in [0.25, 0.3) is 0 Å². The zero-order chi connectivity index (χ0) is 17.5. The molecule has 4 aromatic rings. The summed E-state index contributed by atoms with van der Waals surface area (Å²) in [6.07, 6.45) is 0. The molecule has 0 fully saturated rings. The molecule has 0 aliphatic carbocycles. The normalized spacial score (nSPS) is 12.7. The van der Waals surface area contributed by atoms with Crippen LogP contribution in [0.4, 0.5) is 0 Å². The molecule has 4 nitrogen and oxygen atoms in total. The summed E-state index contributed by atoms with van der Waals surface area (Å²) < 4.78 is 14.3. The largest absolute Gasteiger partial charge is 0.454 e. The van der Waals surface area contributed by atoms with Gasteiger partial charge >= 0.3 is 0 Å². The zero-order valence-corrected chi connectivity index (χ0v) is 15.4. The number of benzene rings is 3. The van der Waals surface area contributed by atoms with Gasteiger partial charge in [0.1, 0.15) is 5.82 Å². The minimum absolute atomic E-state index is 0.270. The van der Waals surface area contributed by atoms with Crippen LogP contribution >= 0.6 is 15.9 Å². The van der Waals surface area contributed by atoms with Crippen LogP contribution in [0, 0.1) is 0 Å². The molecule has 0 atom stereocenters. The first-order valence-electron chi connectivity index (χ1n) is 8.38. The number of para-hydroxylation sites is 2. The van der Waals surface area contributed by atoms with Crippen molar-refractivity contribution in [3.05, 3.63) is 76.8 Å². The van der Waals surface area contributed by atoms with Crippen molar-refractivity contribution in [3.63, 3.8) is 0 Å². The average molecular weight is 407 g/mol. The second-order valence-corrected chi connectivity index (χ2v) is 7.02. The van der Waals surface area contributed by atoms with Crippen molar-refractivity contribution in [2.24, 2.45) is 0 Å². The molecule has 0 amide bonds. The van der Waals surface area contributed by atoms with E-state index in [4.69, 9.17) is 14.5 Å². The van der Waals surface area contributed by atoms with E-state index < -0.39 is 0 Å². The van der Waals surface area contributed by atoms with Crippen molar-refractivity contribution in [2.75, 3.05) is 6.79 Å².